The lowest BCUT2D eigenvalue weighted by Crippen LogP contribution is -2.45. The number of benzene rings is 3. The zero-order chi connectivity index (χ0) is 25.2. The van der Waals surface area contributed by atoms with Gasteiger partial charge in [0, 0.05) is 5.92 Å². The molecular weight excluding hydrogens is 465 g/mol. The standard InChI is InChI=1S/C25H19F3N2O5/c26-20-11-14(22(31)32)9-10-21(20)30-23(33)25(27,28)13-29-24(34)35-12-19-17-7-3-1-5-15(17)16-6-2-4-8-18(16)19/h1-11,19H,12-13H2,(H,29,34)(H,30,33)(H,31,32). The Bertz CT molecular complexity index is 1270. The lowest BCUT2D eigenvalue weighted by Gasteiger charge is -2.18. The van der Waals surface area contributed by atoms with Crippen molar-refractivity contribution in [1.29, 1.82) is 0 Å². The average Bonchev–Trinajstić information content (AvgIpc) is 3.16. The molecule has 0 saturated heterocycles. The molecule has 2 amide bonds. The Kier molecular flexibility index (Phi) is 6.46. The van der Waals surface area contributed by atoms with Crippen LogP contribution in [0.2, 0.25) is 0 Å². The van der Waals surface area contributed by atoms with E-state index in [0.29, 0.717) is 6.07 Å². The molecule has 3 N–H and O–H groups in total. The van der Waals surface area contributed by atoms with E-state index in [-0.39, 0.29) is 12.5 Å². The average molecular weight is 484 g/mol. The number of halogens is 3. The highest BCUT2D eigenvalue weighted by atomic mass is 19.3. The summed E-state index contributed by atoms with van der Waals surface area (Å²) in [5, 5.41) is 12.4. The van der Waals surface area contributed by atoms with Crippen LogP contribution in [0.4, 0.5) is 23.7 Å². The number of amides is 2. The highest BCUT2D eigenvalue weighted by Crippen LogP contribution is 2.44. The summed E-state index contributed by atoms with van der Waals surface area (Å²) in [6.07, 6.45) is -1.14. The summed E-state index contributed by atoms with van der Waals surface area (Å²) in [5.74, 6) is -8.85. The van der Waals surface area contributed by atoms with Gasteiger partial charge in [-0.15, -0.1) is 0 Å². The minimum Gasteiger partial charge on any atom is -0.478 e. The summed E-state index contributed by atoms with van der Waals surface area (Å²) in [4.78, 5) is 34.8. The first-order valence-electron chi connectivity index (χ1n) is 10.5. The molecule has 0 unspecified atom stereocenters. The van der Waals surface area contributed by atoms with E-state index in [1.807, 2.05) is 53.8 Å². The SMILES string of the molecule is O=C(NCC(F)(F)C(=O)Nc1ccc(C(=O)O)cc1F)OCC1c2ccccc2-c2ccccc21. The maximum Gasteiger partial charge on any atom is 0.407 e. The van der Waals surface area contributed by atoms with Gasteiger partial charge in [0.15, 0.2) is 0 Å². The van der Waals surface area contributed by atoms with Gasteiger partial charge in [-0.25, -0.2) is 14.0 Å². The van der Waals surface area contributed by atoms with Crippen molar-refractivity contribution in [3.05, 3.63) is 89.2 Å². The molecule has 1 aliphatic carbocycles. The molecule has 1 aliphatic rings. The van der Waals surface area contributed by atoms with Crippen molar-refractivity contribution in [1.82, 2.24) is 5.32 Å². The molecule has 0 aliphatic heterocycles. The van der Waals surface area contributed by atoms with Crippen molar-refractivity contribution in [2.75, 3.05) is 18.5 Å². The number of fused-ring (bicyclic) bond motifs is 3. The molecule has 3 aromatic rings. The van der Waals surface area contributed by atoms with Crippen molar-refractivity contribution in [3.8, 4) is 11.1 Å². The second-order valence-corrected chi connectivity index (χ2v) is 7.84. The molecule has 3 aromatic carbocycles. The molecule has 0 aromatic heterocycles. The van der Waals surface area contributed by atoms with E-state index in [1.54, 1.807) is 5.32 Å². The third-order valence-corrected chi connectivity index (χ3v) is 5.59. The Morgan fingerprint density at radius 1 is 0.943 bits per heavy atom. The van der Waals surface area contributed by atoms with Crippen LogP contribution in [0.3, 0.4) is 0 Å². The van der Waals surface area contributed by atoms with Crippen LogP contribution in [-0.4, -0.2) is 42.2 Å². The van der Waals surface area contributed by atoms with Crippen LogP contribution >= 0.6 is 0 Å². The zero-order valence-electron chi connectivity index (χ0n) is 18.1. The summed E-state index contributed by atoms with van der Waals surface area (Å²) < 4.78 is 47.6. The Labute approximate surface area is 197 Å². The van der Waals surface area contributed by atoms with Gasteiger partial charge in [0.2, 0.25) is 0 Å². The van der Waals surface area contributed by atoms with Crippen LogP contribution < -0.4 is 10.6 Å². The van der Waals surface area contributed by atoms with Crippen molar-refractivity contribution >= 4 is 23.7 Å². The number of alkyl halides is 2. The lowest BCUT2D eigenvalue weighted by atomic mass is 9.98. The first-order chi connectivity index (χ1) is 16.7. The first kappa shape index (κ1) is 23.8. The van der Waals surface area contributed by atoms with E-state index in [1.165, 1.54) is 0 Å². The van der Waals surface area contributed by atoms with Gasteiger partial charge >= 0.3 is 18.0 Å². The van der Waals surface area contributed by atoms with Crippen LogP contribution in [0, 0.1) is 5.82 Å². The van der Waals surface area contributed by atoms with Crippen molar-refractivity contribution in [2.24, 2.45) is 0 Å². The largest absolute Gasteiger partial charge is 0.478 e. The van der Waals surface area contributed by atoms with Gasteiger partial charge in [-0.1, -0.05) is 48.5 Å². The van der Waals surface area contributed by atoms with Crippen molar-refractivity contribution in [3.63, 3.8) is 0 Å². The quantitative estimate of drug-likeness (QED) is 0.453. The predicted molar refractivity (Wildman–Crippen MR) is 120 cm³/mol. The topological polar surface area (TPSA) is 105 Å². The van der Waals surface area contributed by atoms with E-state index < -0.39 is 47.5 Å². The van der Waals surface area contributed by atoms with E-state index in [0.717, 1.165) is 34.4 Å². The third-order valence-electron chi connectivity index (χ3n) is 5.59. The molecule has 0 bridgehead atoms. The number of alkyl carbamates (subject to hydrolysis) is 1. The maximum atomic E-state index is 14.2. The van der Waals surface area contributed by atoms with Crippen molar-refractivity contribution in [2.45, 2.75) is 11.8 Å². The molecule has 7 nitrogen and oxygen atoms in total. The molecular formula is C25H19F3N2O5. The first-order valence-corrected chi connectivity index (χ1v) is 10.5. The van der Waals surface area contributed by atoms with E-state index in [2.05, 4.69) is 0 Å². The van der Waals surface area contributed by atoms with Gasteiger partial charge in [-0.3, -0.25) is 4.79 Å². The number of nitrogens with one attached hydrogen (secondary N) is 2. The van der Waals surface area contributed by atoms with Crippen LogP contribution in [0.1, 0.15) is 27.4 Å². The number of rotatable bonds is 7. The number of carboxylic acid groups (broad SMARTS) is 1. The second-order valence-electron chi connectivity index (χ2n) is 7.84. The minimum absolute atomic E-state index is 0.0984. The summed E-state index contributed by atoms with van der Waals surface area (Å²) in [6, 6.07) is 17.6. The Morgan fingerprint density at radius 3 is 2.11 bits per heavy atom. The summed E-state index contributed by atoms with van der Waals surface area (Å²) >= 11 is 0. The predicted octanol–water partition coefficient (Wildman–Crippen LogP) is 4.64. The maximum absolute atomic E-state index is 14.2. The summed E-state index contributed by atoms with van der Waals surface area (Å²) in [5.41, 5.74) is 2.86. The van der Waals surface area contributed by atoms with Crippen LogP contribution in [0.5, 0.6) is 0 Å². The zero-order valence-corrected chi connectivity index (χ0v) is 18.1. The number of anilines is 1. The Morgan fingerprint density at radius 2 is 1.54 bits per heavy atom. The molecule has 0 saturated carbocycles. The van der Waals surface area contributed by atoms with E-state index >= 15 is 0 Å². The monoisotopic (exact) mass is 484 g/mol. The fraction of sp³-hybridized carbons (Fsp3) is 0.160. The molecule has 0 heterocycles. The normalized spacial score (nSPS) is 12.4. The Balaban J connectivity index is 1.34. The fourth-order valence-corrected chi connectivity index (χ4v) is 3.88. The number of hydrogen-bond donors (Lipinski definition) is 3. The molecule has 180 valence electrons. The van der Waals surface area contributed by atoms with Gasteiger partial charge < -0.3 is 20.5 Å². The number of carbonyl (C=O) groups is 3. The highest BCUT2D eigenvalue weighted by Gasteiger charge is 2.40. The number of carbonyl (C=O) groups excluding carboxylic acids is 2. The van der Waals surface area contributed by atoms with Gasteiger partial charge in [-0.05, 0) is 40.5 Å². The molecule has 35 heavy (non-hydrogen) atoms. The Hall–Kier alpha value is -4.34. The van der Waals surface area contributed by atoms with Crippen LogP contribution in [0.25, 0.3) is 11.1 Å². The second kappa shape index (κ2) is 9.49. The molecule has 4 rings (SSSR count). The number of ether oxygens (including phenoxy) is 1. The third kappa shape index (κ3) is 4.96. The van der Waals surface area contributed by atoms with Crippen LogP contribution in [0.15, 0.2) is 66.7 Å². The summed E-state index contributed by atoms with van der Waals surface area (Å²) in [6.45, 7) is -1.48. The number of aromatic carboxylic acids is 1. The van der Waals surface area contributed by atoms with Gasteiger partial charge in [-0.2, -0.15) is 8.78 Å². The molecule has 0 spiro atoms. The molecule has 0 radical (unpaired) electrons. The highest BCUT2D eigenvalue weighted by molar-refractivity contribution is 5.97. The number of carboxylic acids is 1. The van der Waals surface area contributed by atoms with Gasteiger partial charge in [0.25, 0.3) is 5.91 Å². The minimum atomic E-state index is -4.09. The lowest BCUT2D eigenvalue weighted by molar-refractivity contribution is -0.138. The van der Waals surface area contributed by atoms with E-state index in [4.69, 9.17) is 9.84 Å². The van der Waals surface area contributed by atoms with Gasteiger partial charge in [0.05, 0.1) is 17.8 Å². The number of hydrogen-bond acceptors (Lipinski definition) is 4. The molecule has 0 atom stereocenters. The summed E-state index contributed by atoms with van der Waals surface area (Å²) in [7, 11) is 0. The molecule has 0 fully saturated rings. The fourth-order valence-electron chi connectivity index (χ4n) is 3.88. The van der Waals surface area contributed by atoms with Gasteiger partial charge in [0.1, 0.15) is 12.4 Å². The van der Waals surface area contributed by atoms with Crippen LogP contribution in [-0.2, 0) is 9.53 Å². The van der Waals surface area contributed by atoms with Crippen molar-refractivity contribution < 1.29 is 37.4 Å². The smallest absolute Gasteiger partial charge is 0.407 e. The van der Waals surface area contributed by atoms with E-state index in [9.17, 15) is 27.6 Å². The molecule has 10 heteroatoms.